The average molecular weight is 530 g/mol. The van der Waals surface area contributed by atoms with E-state index in [-0.39, 0.29) is 30.1 Å². The highest BCUT2D eigenvalue weighted by Crippen LogP contribution is 2.38. The van der Waals surface area contributed by atoms with Crippen LogP contribution < -0.4 is 15.4 Å². The van der Waals surface area contributed by atoms with Crippen molar-refractivity contribution in [2.45, 2.75) is 31.5 Å². The van der Waals surface area contributed by atoms with Crippen molar-refractivity contribution >= 4 is 24.0 Å². The van der Waals surface area contributed by atoms with Gasteiger partial charge in [-0.3, -0.25) is 4.79 Å². The van der Waals surface area contributed by atoms with Crippen LogP contribution >= 0.6 is 12.4 Å². The van der Waals surface area contributed by atoms with E-state index in [0.29, 0.717) is 6.07 Å². The standard InChI is InChI=1S/C23H20F5N5O2.ClH/c24-15-4-1-5-16(25)19(15)20-14(23(26,27)28)6-7-17(32-20)21(34)33-18-11-30-12-31-22(18)35-13-3-2-9-29-10-8-13;/h1,4-7,11-13,29H,2-3,8-10H2,(H,33,34);1H. The normalized spacial score (nSPS) is 16.0. The molecule has 0 saturated carbocycles. The van der Waals surface area contributed by atoms with Crippen LogP contribution in [-0.4, -0.2) is 40.1 Å². The predicted molar refractivity (Wildman–Crippen MR) is 123 cm³/mol. The Bertz CT molecular complexity index is 1200. The highest BCUT2D eigenvalue weighted by molar-refractivity contribution is 6.03. The zero-order valence-corrected chi connectivity index (χ0v) is 19.4. The molecule has 1 atom stereocenters. The van der Waals surface area contributed by atoms with Gasteiger partial charge in [0.15, 0.2) is 0 Å². The monoisotopic (exact) mass is 529 g/mol. The zero-order chi connectivity index (χ0) is 25.0. The molecule has 1 unspecified atom stereocenters. The number of carbonyl (C=O) groups is 1. The minimum absolute atomic E-state index is 0. The maximum absolute atomic E-state index is 14.3. The van der Waals surface area contributed by atoms with E-state index in [1.54, 1.807) is 0 Å². The summed E-state index contributed by atoms with van der Waals surface area (Å²) in [5.41, 5.74) is -3.82. The first-order chi connectivity index (χ1) is 16.7. The van der Waals surface area contributed by atoms with Gasteiger partial charge in [-0.05, 0) is 56.6 Å². The summed E-state index contributed by atoms with van der Waals surface area (Å²) >= 11 is 0. The molecule has 0 aliphatic carbocycles. The number of halogens is 6. The number of hydrogen-bond donors (Lipinski definition) is 2. The molecule has 1 aromatic carbocycles. The number of anilines is 1. The number of amides is 1. The van der Waals surface area contributed by atoms with Gasteiger partial charge in [0.05, 0.1) is 23.0 Å². The Morgan fingerprint density at radius 3 is 2.56 bits per heavy atom. The van der Waals surface area contributed by atoms with Gasteiger partial charge in [0.25, 0.3) is 5.91 Å². The predicted octanol–water partition coefficient (Wildman–Crippen LogP) is 5.03. The lowest BCUT2D eigenvalue weighted by Gasteiger charge is -2.18. The molecule has 2 aromatic heterocycles. The Morgan fingerprint density at radius 2 is 1.83 bits per heavy atom. The molecule has 36 heavy (non-hydrogen) atoms. The lowest BCUT2D eigenvalue weighted by atomic mass is 10.0. The molecule has 7 nitrogen and oxygen atoms in total. The van der Waals surface area contributed by atoms with Crippen molar-refractivity contribution in [3.8, 4) is 17.1 Å². The zero-order valence-electron chi connectivity index (χ0n) is 18.6. The lowest BCUT2D eigenvalue weighted by molar-refractivity contribution is -0.137. The largest absolute Gasteiger partial charge is 0.473 e. The van der Waals surface area contributed by atoms with Crippen molar-refractivity contribution in [1.29, 1.82) is 0 Å². The maximum atomic E-state index is 14.3. The smallest absolute Gasteiger partial charge is 0.418 e. The van der Waals surface area contributed by atoms with Crippen molar-refractivity contribution in [2.75, 3.05) is 18.4 Å². The summed E-state index contributed by atoms with van der Waals surface area (Å²) in [6.45, 7) is 1.61. The van der Waals surface area contributed by atoms with Crippen molar-refractivity contribution in [3.05, 3.63) is 65.7 Å². The molecule has 0 radical (unpaired) electrons. The van der Waals surface area contributed by atoms with Crippen LogP contribution in [0.4, 0.5) is 27.6 Å². The van der Waals surface area contributed by atoms with Gasteiger partial charge in [-0.15, -0.1) is 12.4 Å². The summed E-state index contributed by atoms with van der Waals surface area (Å²) in [6, 6.07) is 4.00. The first-order valence-corrected chi connectivity index (χ1v) is 10.8. The molecule has 1 saturated heterocycles. The fourth-order valence-electron chi connectivity index (χ4n) is 3.68. The van der Waals surface area contributed by atoms with Crippen molar-refractivity contribution in [3.63, 3.8) is 0 Å². The Morgan fingerprint density at radius 1 is 1.08 bits per heavy atom. The number of nitrogens with zero attached hydrogens (tertiary/aromatic N) is 3. The number of benzene rings is 1. The molecule has 3 heterocycles. The number of nitrogens with one attached hydrogen (secondary N) is 2. The van der Waals surface area contributed by atoms with E-state index in [4.69, 9.17) is 4.74 Å². The minimum atomic E-state index is -4.96. The van der Waals surface area contributed by atoms with Crippen LogP contribution in [0.15, 0.2) is 42.9 Å². The third kappa shape index (κ3) is 6.24. The van der Waals surface area contributed by atoms with E-state index in [2.05, 4.69) is 25.6 Å². The highest BCUT2D eigenvalue weighted by atomic mass is 35.5. The number of hydrogen-bond acceptors (Lipinski definition) is 6. The number of alkyl halides is 3. The van der Waals surface area contributed by atoms with Gasteiger partial charge < -0.3 is 15.4 Å². The molecule has 192 valence electrons. The van der Waals surface area contributed by atoms with E-state index in [0.717, 1.165) is 56.6 Å². The third-order valence-electron chi connectivity index (χ3n) is 5.36. The second-order valence-electron chi connectivity index (χ2n) is 7.80. The maximum Gasteiger partial charge on any atom is 0.418 e. The minimum Gasteiger partial charge on any atom is -0.473 e. The summed E-state index contributed by atoms with van der Waals surface area (Å²) in [7, 11) is 0. The molecule has 13 heteroatoms. The average Bonchev–Trinajstić information content (AvgIpc) is 3.08. The molecule has 2 N–H and O–H groups in total. The lowest BCUT2D eigenvalue weighted by Crippen LogP contribution is -2.22. The molecule has 0 bridgehead atoms. The van der Waals surface area contributed by atoms with Crippen LogP contribution in [-0.2, 0) is 6.18 Å². The van der Waals surface area contributed by atoms with Gasteiger partial charge in [-0.2, -0.15) is 18.2 Å². The van der Waals surface area contributed by atoms with Crippen LogP contribution in [0.1, 0.15) is 35.3 Å². The second kappa shape index (κ2) is 11.6. The number of rotatable bonds is 5. The van der Waals surface area contributed by atoms with Crippen molar-refractivity contribution in [1.82, 2.24) is 20.3 Å². The first-order valence-electron chi connectivity index (χ1n) is 10.8. The Balaban J connectivity index is 0.00000361. The SMILES string of the molecule is Cl.O=C(Nc1cncnc1OC1CCCNCC1)c1ccc(C(F)(F)F)c(-c2c(F)cccc2F)n1. The fraction of sp³-hybridized carbons (Fsp3) is 0.304. The van der Waals surface area contributed by atoms with E-state index in [1.807, 2.05) is 0 Å². The number of aromatic nitrogens is 3. The quantitative estimate of drug-likeness (QED) is 0.451. The van der Waals surface area contributed by atoms with Crippen LogP contribution in [0, 0.1) is 11.6 Å². The van der Waals surface area contributed by atoms with Crippen LogP contribution in [0.25, 0.3) is 11.3 Å². The van der Waals surface area contributed by atoms with E-state index in [9.17, 15) is 26.7 Å². The Hall–Kier alpha value is -3.38. The van der Waals surface area contributed by atoms with Gasteiger partial charge in [-0.25, -0.2) is 18.7 Å². The van der Waals surface area contributed by atoms with Crippen LogP contribution in [0.3, 0.4) is 0 Å². The second-order valence-corrected chi connectivity index (χ2v) is 7.80. The van der Waals surface area contributed by atoms with Gasteiger partial charge in [-0.1, -0.05) is 6.07 Å². The molecule has 1 aliphatic rings. The molecular formula is C23H21ClF5N5O2. The fourth-order valence-corrected chi connectivity index (χ4v) is 3.68. The van der Waals surface area contributed by atoms with Crippen molar-refractivity contribution < 1.29 is 31.5 Å². The van der Waals surface area contributed by atoms with E-state index < -0.39 is 46.2 Å². The highest BCUT2D eigenvalue weighted by Gasteiger charge is 2.36. The topological polar surface area (TPSA) is 89.0 Å². The summed E-state index contributed by atoms with van der Waals surface area (Å²) in [5.74, 6) is -3.33. The number of pyridine rings is 1. The summed E-state index contributed by atoms with van der Waals surface area (Å²) in [5, 5.41) is 5.71. The number of carbonyl (C=O) groups excluding carboxylic acids is 1. The van der Waals surface area contributed by atoms with E-state index >= 15 is 0 Å². The summed E-state index contributed by atoms with van der Waals surface area (Å²) < 4.78 is 75.2. The molecule has 3 aromatic rings. The third-order valence-corrected chi connectivity index (χ3v) is 5.36. The van der Waals surface area contributed by atoms with Gasteiger partial charge in [0.2, 0.25) is 5.88 Å². The summed E-state index contributed by atoms with van der Waals surface area (Å²) in [4.78, 5) is 24.4. The molecule has 4 rings (SSSR count). The van der Waals surface area contributed by atoms with Gasteiger partial charge in [0.1, 0.15) is 35.4 Å². The molecule has 0 spiro atoms. The molecular weight excluding hydrogens is 509 g/mol. The van der Waals surface area contributed by atoms with E-state index in [1.165, 1.54) is 12.5 Å². The van der Waals surface area contributed by atoms with Crippen LogP contribution in [0.5, 0.6) is 5.88 Å². The molecule has 1 amide bonds. The van der Waals surface area contributed by atoms with Gasteiger partial charge >= 0.3 is 6.18 Å². The Kier molecular flexibility index (Phi) is 8.75. The Labute approximate surface area is 208 Å². The van der Waals surface area contributed by atoms with Crippen LogP contribution in [0.2, 0.25) is 0 Å². The molecule has 1 fully saturated rings. The number of ether oxygens (including phenoxy) is 1. The van der Waals surface area contributed by atoms with Crippen molar-refractivity contribution in [2.24, 2.45) is 0 Å². The van der Waals surface area contributed by atoms with Gasteiger partial charge in [0, 0.05) is 0 Å². The summed E-state index contributed by atoms with van der Waals surface area (Å²) in [6.07, 6.45) is -0.240. The first kappa shape index (κ1) is 27.2. The molecule has 1 aliphatic heterocycles.